The lowest BCUT2D eigenvalue weighted by Crippen LogP contribution is -2.32. The SMILES string of the molecule is C=C(C)OC(=O)N(C)CC1CCNC1. The Morgan fingerprint density at radius 1 is 1.71 bits per heavy atom. The first-order valence-corrected chi connectivity index (χ1v) is 4.88. The first-order chi connectivity index (χ1) is 6.59. The number of ether oxygens (including phenoxy) is 1. The van der Waals surface area contributed by atoms with Gasteiger partial charge in [0.25, 0.3) is 0 Å². The van der Waals surface area contributed by atoms with Crippen LogP contribution in [-0.2, 0) is 4.74 Å². The van der Waals surface area contributed by atoms with E-state index < -0.39 is 0 Å². The van der Waals surface area contributed by atoms with Crippen molar-refractivity contribution in [2.24, 2.45) is 5.92 Å². The van der Waals surface area contributed by atoms with E-state index in [9.17, 15) is 4.79 Å². The molecule has 1 rings (SSSR count). The van der Waals surface area contributed by atoms with E-state index in [4.69, 9.17) is 4.74 Å². The topological polar surface area (TPSA) is 41.6 Å². The summed E-state index contributed by atoms with van der Waals surface area (Å²) in [6, 6.07) is 0. The number of carbonyl (C=O) groups is 1. The van der Waals surface area contributed by atoms with Gasteiger partial charge in [-0.1, -0.05) is 6.58 Å². The Bertz CT molecular complexity index is 222. The zero-order valence-corrected chi connectivity index (χ0v) is 8.88. The van der Waals surface area contributed by atoms with Crippen molar-refractivity contribution in [3.8, 4) is 0 Å². The third-order valence-electron chi connectivity index (χ3n) is 2.27. The van der Waals surface area contributed by atoms with Crippen LogP contribution in [-0.4, -0.2) is 37.7 Å². The highest BCUT2D eigenvalue weighted by Gasteiger charge is 2.19. The van der Waals surface area contributed by atoms with Crippen LogP contribution >= 0.6 is 0 Å². The zero-order valence-electron chi connectivity index (χ0n) is 8.88. The smallest absolute Gasteiger partial charge is 0.414 e. The monoisotopic (exact) mass is 198 g/mol. The van der Waals surface area contributed by atoms with Crippen molar-refractivity contribution in [2.75, 3.05) is 26.7 Å². The van der Waals surface area contributed by atoms with E-state index in [1.165, 1.54) is 0 Å². The highest BCUT2D eigenvalue weighted by Crippen LogP contribution is 2.09. The van der Waals surface area contributed by atoms with Gasteiger partial charge in [-0.15, -0.1) is 0 Å². The first kappa shape index (κ1) is 11.0. The van der Waals surface area contributed by atoms with Crippen LogP contribution < -0.4 is 5.32 Å². The minimum Gasteiger partial charge on any atom is -0.416 e. The first-order valence-electron chi connectivity index (χ1n) is 4.88. The zero-order chi connectivity index (χ0) is 10.6. The molecule has 80 valence electrons. The molecule has 1 unspecified atom stereocenters. The van der Waals surface area contributed by atoms with Gasteiger partial charge in [-0.3, -0.25) is 0 Å². The summed E-state index contributed by atoms with van der Waals surface area (Å²) in [5.74, 6) is 0.990. The number of nitrogens with zero attached hydrogens (tertiary/aromatic N) is 1. The van der Waals surface area contributed by atoms with Crippen LogP contribution in [0.15, 0.2) is 12.3 Å². The Kier molecular flexibility index (Phi) is 3.95. The van der Waals surface area contributed by atoms with Crippen LogP contribution in [0.5, 0.6) is 0 Å². The molecule has 1 amide bonds. The second kappa shape index (κ2) is 5.00. The van der Waals surface area contributed by atoms with Crippen molar-refractivity contribution < 1.29 is 9.53 Å². The van der Waals surface area contributed by atoms with Gasteiger partial charge in [0.1, 0.15) is 0 Å². The summed E-state index contributed by atoms with van der Waals surface area (Å²) >= 11 is 0. The van der Waals surface area contributed by atoms with E-state index >= 15 is 0 Å². The van der Waals surface area contributed by atoms with Crippen molar-refractivity contribution >= 4 is 6.09 Å². The molecule has 4 nitrogen and oxygen atoms in total. The summed E-state index contributed by atoms with van der Waals surface area (Å²) in [5.41, 5.74) is 0. The molecule has 0 bridgehead atoms. The summed E-state index contributed by atoms with van der Waals surface area (Å²) in [5, 5.41) is 3.26. The van der Waals surface area contributed by atoms with E-state index in [0.29, 0.717) is 11.7 Å². The van der Waals surface area contributed by atoms with E-state index in [0.717, 1.165) is 26.1 Å². The van der Waals surface area contributed by atoms with Gasteiger partial charge in [0.05, 0.1) is 5.76 Å². The normalized spacial score (nSPS) is 20.6. The number of amides is 1. The lowest BCUT2D eigenvalue weighted by molar-refractivity contribution is 0.133. The summed E-state index contributed by atoms with van der Waals surface area (Å²) in [6.07, 6.45) is 0.814. The molecule has 1 heterocycles. The average Bonchev–Trinajstić information content (AvgIpc) is 2.55. The van der Waals surface area contributed by atoms with E-state index in [2.05, 4.69) is 11.9 Å². The third kappa shape index (κ3) is 3.38. The van der Waals surface area contributed by atoms with Crippen molar-refractivity contribution in [2.45, 2.75) is 13.3 Å². The molecule has 0 aromatic carbocycles. The van der Waals surface area contributed by atoms with Crippen LogP contribution in [0, 0.1) is 5.92 Å². The number of allylic oxidation sites excluding steroid dienone is 1. The van der Waals surface area contributed by atoms with Gasteiger partial charge < -0.3 is 15.0 Å². The van der Waals surface area contributed by atoms with Crippen molar-refractivity contribution in [3.63, 3.8) is 0 Å². The molecule has 1 fully saturated rings. The Balaban J connectivity index is 2.29. The number of rotatable bonds is 3. The minimum atomic E-state index is -0.315. The second-order valence-electron chi connectivity index (χ2n) is 3.81. The molecule has 0 aliphatic carbocycles. The predicted molar refractivity (Wildman–Crippen MR) is 54.9 cm³/mol. The maximum atomic E-state index is 11.4. The molecule has 0 spiro atoms. The Hall–Kier alpha value is -1.03. The van der Waals surface area contributed by atoms with Crippen molar-refractivity contribution in [1.82, 2.24) is 10.2 Å². The van der Waals surface area contributed by atoms with E-state index in [-0.39, 0.29) is 6.09 Å². The predicted octanol–water partition coefficient (Wildman–Crippen LogP) is 1.20. The molecule has 0 radical (unpaired) electrons. The maximum Gasteiger partial charge on any atom is 0.414 e. The van der Waals surface area contributed by atoms with Crippen LogP contribution in [0.3, 0.4) is 0 Å². The standard InChI is InChI=1S/C10H18N2O2/c1-8(2)14-10(13)12(3)7-9-4-5-11-6-9/h9,11H,1,4-7H2,2-3H3. The summed E-state index contributed by atoms with van der Waals surface area (Å²) in [6.45, 7) is 7.99. The molecule has 1 saturated heterocycles. The van der Waals surface area contributed by atoms with E-state index in [1.54, 1.807) is 18.9 Å². The highest BCUT2D eigenvalue weighted by molar-refractivity contribution is 5.68. The summed E-state index contributed by atoms with van der Waals surface area (Å²) in [7, 11) is 1.75. The van der Waals surface area contributed by atoms with Crippen LogP contribution in [0.4, 0.5) is 4.79 Å². The van der Waals surface area contributed by atoms with Gasteiger partial charge in [0.15, 0.2) is 0 Å². The molecule has 0 aromatic rings. The molecule has 0 saturated carbocycles. The Labute approximate surface area is 84.9 Å². The third-order valence-corrected chi connectivity index (χ3v) is 2.27. The van der Waals surface area contributed by atoms with Gasteiger partial charge in [-0.2, -0.15) is 0 Å². The molecule has 1 aliphatic rings. The van der Waals surface area contributed by atoms with Crippen LogP contribution in [0.1, 0.15) is 13.3 Å². The van der Waals surface area contributed by atoms with Gasteiger partial charge in [-0.05, 0) is 32.4 Å². The Morgan fingerprint density at radius 3 is 2.93 bits per heavy atom. The highest BCUT2D eigenvalue weighted by atomic mass is 16.6. The molecular weight excluding hydrogens is 180 g/mol. The second-order valence-corrected chi connectivity index (χ2v) is 3.81. The molecule has 1 aliphatic heterocycles. The van der Waals surface area contributed by atoms with E-state index in [1.807, 2.05) is 0 Å². The van der Waals surface area contributed by atoms with Crippen LogP contribution in [0.25, 0.3) is 0 Å². The van der Waals surface area contributed by atoms with Crippen molar-refractivity contribution in [3.05, 3.63) is 12.3 Å². The molecule has 1 atom stereocenters. The fourth-order valence-corrected chi connectivity index (χ4v) is 1.56. The number of hydrogen-bond donors (Lipinski definition) is 1. The maximum absolute atomic E-state index is 11.4. The molecule has 4 heteroatoms. The molecule has 1 N–H and O–H groups in total. The quantitative estimate of drug-likeness (QED) is 0.693. The van der Waals surface area contributed by atoms with Gasteiger partial charge >= 0.3 is 6.09 Å². The summed E-state index contributed by atoms with van der Waals surface area (Å²) < 4.78 is 4.89. The van der Waals surface area contributed by atoms with Gasteiger partial charge in [0.2, 0.25) is 0 Å². The van der Waals surface area contributed by atoms with Gasteiger partial charge in [0, 0.05) is 13.6 Å². The number of hydrogen-bond acceptors (Lipinski definition) is 3. The molecule has 0 aromatic heterocycles. The minimum absolute atomic E-state index is 0.315. The average molecular weight is 198 g/mol. The van der Waals surface area contributed by atoms with Crippen LogP contribution in [0.2, 0.25) is 0 Å². The Morgan fingerprint density at radius 2 is 2.43 bits per heavy atom. The van der Waals surface area contributed by atoms with Crippen molar-refractivity contribution in [1.29, 1.82) is 0 Å². The fraction of sp³-hybridized carbons (Fsp3) is 0.700. The fourth-order valence-electron chi connectivity index (χ4n) is 1.56. The lowest BCUT2D eigenvalue weighted by Gasteiger charge is -2.19. The number of nitrogens with one attached hydrogen (secondary N) is 1. The largest absolute Gasteiger partial charge is 0.416 e. The molecular formula is C10H18N2O2. The molecule has 14 heavy (non-hydrogen) atoms. The van der Waals surface area contributed by atoms with Gasteiger partial charge in [-0.25, -0.2) is 4.79 Å². The number of carbonyl (C=O) groups excluding carboxylic acids is 1. The lowest BCUT2D eigenvalue weighted by atomic mass is 10.1. The summed E-state index contributed by atoms with van der Waals surface area (Å²) in [4.78, 5) is 13.0.